The van der Waals surface area contributed by atoms with E-state index >= 15 is 0 Å². The Morgan fingerprint density at radius 2 is 2.00 bits per heavy atom. The molecule has 0 amide bonds. The van der Waals surface area contributed by atoms with Crippen LogP contribution in [-0.4, -0.2) is 11.7 Å². The maximum atomic E-state index is 9.39. The molecule has 0 spiro atoms. The highest BCUT2D eigenvalue weighted by atomic mass is 16.5. The van der Waals surface area contributed by atoms with Crippen molar-refractivity contribution >= 4 is 0 Å². The summed E-state index contributed by atoms with van der Waals surface area (Å²) in [6.45, 7) is 1.43. The number of phenolic OH excluding ortho intramolecular Hbond substituents is 1. The summed E-state index contributed by atoms with van der Waals surface area (Å²) in [4.78, 5) is 0. The number of hydrogen-bond donors (Lipinski definition) is 2. The Morgan fingerprint density at radius 3 is 2.83 bits per heavy atom. The third kappa shape index (κ3) is 2.17. The molecular weight excluding hydrogens is 226 g/mol. The first-order valence-corrected chi connectivity index (χ1v) is 6.06. The quantitative estimate of drug-likeness (QED) is 0.868. The largest absolute Gasteiger partial charge is 0.508 e. The Kier molecular flexibility index (Phi) is 2.90. The number of nitrogens with one attached hydrogen (secondary N) is 1. The fraction of sp³-hybridized carbons (Fsp3) is 0.200. The molecule has 1 unspecified atom stereocenters. The van der Waals surface area contributed by atoms with E-state index in [4.69, 9.17) is 4.74 Å². The van der Waals surface area contributed by atoms with Crippen molar-refractivity contribution in [2.45, 2.75) is 12.6 Å². The van der Waals surface area contributed by atoms with E-state index in [1.165, 1.54) is 5.56 Å². The van der Waals surface area contributed by atoms with Crippen LogP contribution in [-0.2, 0) is 6.54 Å². The van der Waals surface area contributed by atoms with Crippen LogP contribution in [0.1, 0.15) is 17.2 Å². The summed E-state index contributed by atoms with van der Waals surface area (Å²) in [7, 11) is 0. The molecule has 1 aliphatic rings. The van der Waals surface area contributed by atoms with Gasteiger partial charge < -0.3 is 15.2 Å². The third-order valence-electron chi connectivity index (χ3n) is 3.17. The molecule has 3 rings (SSSR count). The van der Waals surface area contributed by atoms with Gasteiger partial charge in [-0.15, -0.1) is 0 Å². The van der Waals surface area contributed by atoms with Gasteiger partial charge in [0.1, 0.15) is 18.1 Å². The molecule has 92 valence electrons. The lowest BCUT2D eigenvalue weighted by atomic mass is 10.1. The van der Waals surface area contributed by atoms with Crippen molar-refractivity contribution in [2.75, 3.05) is 6.61 Å². The van der Waals surface area contributed by atoms with Gasteiger partial charge in [0.05, 0.1) is 6.04 Å². The number of ether oxygens (including phenoxy) is 1. The van der Waals surface area contributed by atoms with Gasteiger partial charge in [-0.25, -0.2) is 0 Å². The van der Waals surface area contributed by atoms with Crippen LogP contribution in [0, 0.1) is 0 Å². The van der Waals surface area contributed by atoms with Gasteiger partial charge in [-0.2, -0.15) is 0 Å². The van der Waals surface area contributed by atoms with Crippen molar-refractivity contribution in [1.82, 2.24) is 5.32 Å². The average Bonchev–Trinajstić information content (AvgIpc) is 2.80. The zero-order valence-corrected chi connectivity index (χ0v) is 9.97. The number of fused-ring (bicyclic) bond motifs is 1. The predicted octanol–water partition coefficient (Wildman–Crippen LogP) is 2.62. The second-order valence-electron chi connectivity index (χ2n) is 4.45. The lowest BCUT2D eigenvalue weighted by Gasteiger charge is -2.11. The van der Waals surface area contributed by atoms with Crippen molar-refractivity contribution in [2.24, 2.45) is 0 Å². The van der Waals surface area contributed by atoms with Crippen molar-refractivity contribution < 1.29 is 9.84 Å². The second kappa shape index (κ2) is 4.70. The average molecular weight is 241 g/mol. The van der Waals surface area contributed by atoms with Crippen molar-refractivity contribution in [3.8, 4) is 11.5 Å². The van der Waals surface area contributed by atoms with Gasteiger partial charge in [0.15, 0.2) is 0 Å². The molecule has 2 aromatic carbocycles. The smallest absolute Gasteiger partial charge is 0.127 e. The summed E-state index contributed by atoms with van der Waals surface area (Å²) < 4.78 is 5.56. The van der Waals surface area contributed by atoms with E-state index in [1.807, 2.05) is 24.3 Å². The fourth-order valence-corrected chi connectivity index (χ4v) is 2.20. The molecule has 1 aliphatic heterocycles. The second-order valence-corrected chi connectivity index (χ2v) is 4.45. The molecule has 0 fully saturated rings. The van der Waals surface area contributed by atoms with Gasteiger partial charge in [-0.1, -0.05) is 30.3 Å². The van der Waals surface area contributed by atoms with E-state index in [0.717, 1.165) is 17.9 Å². The molecule has 3 nitrogen and oxygen atoms in total. The summed E-state index contributed by atoms with van der Waals surface area (Å²) in [5.74, 6) is 1.03. The SMILES string of the molecule is Oc1ccc2c(c1)OCC2NCc1ccccc1. The number of aromatic hydroxyl groups is 1. The Balaban J connectivity index is 1.70. The van der Waals surface area contributed by atoms with E-state index in [-0.39, 0.29) is 11.8 Å². The highest BCUT2D eigenvalue weighted by Crippen LogP contribution is 2.34. The van der Waals surface area contributed by atoms with Gasteiger partial charge in [-0.05, 0) is 17.7 Å². The number of rotatable bonds is 3. The summed E-state index contributed by atoms with van der Waals surface area (Å²) in [5.41, 5.74) is 2.37. The minimum Gasteiger partial charge on any atom is -0.508 e. The lowest BCUT2D eigenvalue weighted by Crippen LogP contribution is -2.21. The van der Waals surface area contributed by atoms with Crippen molar-refractivity contribution in [3.05, 3.63) is 59.7 Å². The maximum absolute atomic E-state index is 9.39. The Hall–Kier alpha value is -2.00. The highest BCUT2D eigenvalue weighted by molar-refractivity contribution is 5.44. The number of benzene rings is 2. The molecular formula is C15H15NO2. The molecule has 2 aromatic rings. The van der Waals surface area contributed by atoms with E-state index in [9.17, 15) is 5.11 Å². The minimum absolute atomic E-state index is 0.195. The molecule has 0 saturated heterocycles. The van der Waals surface area contributed by atoms with Crippen LogP contribution < -0.4 is 10.1 Å². The van der Waals surface area contributed by atoms with E-state index in [0.29, 0.717) is 6.61 Å². The van der Waals surface area contributed by atoms with Crippen LogP contribution in [0.2, 0.25) is 0 Å². The van der Waals surface area contributed by atoms with Gasteiger partial charge in [0.25, 0.3) is 0 Å². The fourth-order valence-electron chi connectivity index (χ4n) is 2.20. The predicted molar refractivity (Wildman–Crippen MR) is 69.6 cm³/mol. The minimum atomic E-state index is 0.195. The molecule has 18 heavy (non-hydrogen) atoms. The lowest BCUT2D eigenvalue weighted by molar-refractivity contribution is 0.309. The van der Waals surface area contributed by atoms with Gasteiger partial charge >= 0.3 is 0 Å². The number of hydrogen-bond acceptors (Lipinski definition) is 3. The summed E-state index contributed by atoms with van der Waals surface area (Å²) in [6, 6.07) is 15.8. The van der Waals surface area contributed by atoms with E-state index in [1.54, 1.807) is 12.1 Å². The summed E-state index contributed by atoms with van der Waals surface area (Å²) in [6.07, 6.45) is 0. The van der Waals surface area contributed by atoms with Crippen LogP contribution in [0.15, 0.2) is 48.5 Å². The van der Waals surface area contributed by atoms with Crippen LogP contribution in [0.3, 0.4) is 0 Å². The van der Waals surface area contributed by atoms with Crippen molar-refractivity contribution in [1.29, 1.82) is 0 Å². The van der Waals surface area contributed by atoms with E-state index < -0.39 is 0 Å². The first-order chi connectivity index (χ1) is 8.83. The first-order valence-electron chi connectivity index (χ1n) is 6.06. The Bertz CT molecular complexity index is 539. The summed E-state index contributed by atoms with van der Waals surface area (Å²) >= 11 is 0. The Morgan fingerprint density at radius 1 is 1.17 bits per heavy atom. The molecule has 0 saturated carbocycles. The maximum Gasteiger partial charge on any atom is 0.127 e. The van der Waals surface area contributed by atoms with Crippen LogP contribution in [0.25, 0.3) is 0 Å². The van der Waals surface area contributed by atoms with Crippen molar-refractivity contribution in [3.63, 3.8) is 0 Å². The molecule has 1 atom stereocenters. The van der Waals surface area contributed by atoms with Crippen LogP contribution in [0.5, 0.6) is 11.5 Å². The molecule has 3 heteroatoms. The normalized spacial score (nSPS) is 17.2. The molecule has 0 radical (unpaired) electrons. The van der Waals surface area contributed by atoms with Gasteiger partial charge in [0.2, 0.25) is 0 Å². The molecule has 1 heterocycles. The molecule has 2 N–H and O–H groups in total. The van der Waals surface area contributed by atoms with Crippen LogP contribution >= 0.6 is 0 Å². The highest BCUT2D eigenvalue weighted by Gasteiger charge is 2.23. The zero-order chi connectivity index (χ0) is 12.4. The first kappa shape index (κ1) is 11.1. The zero-order valence-electron chi connectivity index (χ0n) is 9.97. The molecule has 0 bridgehead atoms. The molecule has 0 aliphatic carbocycles. The van der Waals surface area contributed by atoms with Gasteiger partial charge in [-0.3, -0.25) is 0 Å². The topological polar surface area (TPSA) is 41.5 Å². The van der Waals surface area contributed by atoms with Gasteiger partial charge in [0, 0.05) is 18.2 Å². The third-order valence-corrected chi connectivity index (χ3v) is 3.17. The number of phenols is 1. The van der Waals surface area contributed by atoms with E-state index in [2.05, 4.69) is 17.4 Å². The standard InChI is InChI=1S/C15H15NO2/c17-12-6-7-13-14(10-18-15(13)8-12)16-9-11-4-2-1-3-5-11/h1-8,14,16-17H,9-10H2. The monoisotopic (exact) mass is 241 g/mol. The van der Waals surface area contributed by atoms with Crippen LogP contribution in [0.4, 0.5) is 0 Å². The summed E-state index contributed by atoms with van der Waals surface area (Å²) in [5, 5.41) is 12.9. The Labute approximate surface area is 106 Å². The molecule has 0 aromatic heterocycles.